The van der Waals surface area contributed by atoms with Crippen LogP contribution in [-0.4, -0.2) is 0 Å². The monoisotopic (exact) mass is 352 g/mol. The molecule has 0 saturated carbocycles. The number of hydrogen-bond acceptors (Lipinski definition) is 1. The number of benzene rings is 3. The van der Waals surface area contributed by atoms with Crippen molar-refractivity contribution in [2.75, 3.05) is 0 Å². The number of halogens is 2. The fraction of sp³-hybridized carbons (Fsp3) is 0.0476. The van der Waals surface area contributed by atoms with Crippen molar-refractivity contribution in [1.82, 2.24) is 0 Å². The highest BCUT2D eigenvalue weighted by molar-refractivity contribution is 6.50. The Balaban J connectivity index is 1.98. The predicted octanol–water partition coefficient (Wildman–Crippen LogP) is 6.78. The van der Waals surface area contributed by atoms with Crippen molar-refractivity contribution in [2.24, 2.45) is 0 Å². The van der Waals surface area contributed by atoms with Gasteiger partial charge in [-0.2, -0.15) is 0 Å². The van der Waals surface area contributed by atoms with Gasteiger partial charge in [0.2, 0.25) is 4.33 Å². The zero-order chi connectivity index (χ0) is 16.6. The number of fused-ring (bicyclic) bond motifs is 1. The first-order valence-electron chi connectivity index (χ1n) is 7.68. The summed E-state index contributed by atoms with van der Waals surface area (Å²) in [4.78, 5) is 0. The number of hydrogen-bond donors (Lipinski definition) is 0. The van der Waals surface area contributed by atoms with E-state index in [0.717, 1.165) is 27.7 Å². The molecule has 24 heavy (non-hydrogen) atoms. The van der Waals surface area contributed by atoms with Crippen molar-refractivity contribution in [3.63, 3.8) is 0 Å². The molecule has 1 aromatic heterocycles. The molecule has 4 rings (SSSR count). The van der Waals surface area contributed by atoms with Crippen molar-refractivity contribution in [1.29, 1.82) is 0 Å². The molecule has 3 aromatic carbocycles. The molecule has 0 N–H and O–H groups in total. The lowest BCUT2D eigenvalue weighted by atomic mass is 10.0. The van der Waals surface area contributed by atoms with Crippen molar-refractivity contribution in [3.05, 3.63) is 96.3 Å². The second kappa shape index (κ2) is 6.01. The van der Waals surface area contributed by atoms with E-state index in [-0.39, 0.29) is 0 Å². The Morgan fingerprint density at radius 3 is 1.83 bits per heavy atom. The molecule has 1 nitrogen and oxygen atoms in total. The molecule has 0 aliphatic carbocycles. The van der Waals surface area contributed by atoms with Crippen LogP contribution in [0.1, 0.15) is 11.3 Å². The van der Waals surface area contributed by atoms with E-state index in [2.05, 4.69) is 0 Å². The number of furan rings is 1. The summed E-state index contributed by atoms with van der Waals surface area (Å²) in [6.07, 6.45) is 0. The summed E-state index contributed by atoms with van der Waals surface area (Å²) in [5.74, 6) is 1.33. The standard InChI is InChI=1S/C21H14Cl2O/c22-21(23,16-11-5-2-6-12-16)20-18-14-8-7-13-17(18)19(24-20)15-9-3-1-4-10-15/h1-14H. The quantitative estimate of drug-likeness (QED) is 0.370. The summed E-state index contributed by atoms with van der Waals surface area (Å²) in [5, 5.41) is 1.92. The Labute approximate surface area is 150 Å². The molecule has 0 atom stereocenters. The van der Waals surface area contributed by atoms with Gasteiger partial charge < -0.3 is 4.42 Å². The van der Waals surface area contributed by atoms with E-state index >= 15 is 0 Å². The van der Waals surface area contributed by atoms with E-state index in [9.17, 15) is 0 Å². The van der Waals surface area contributed by atoms with Crippen LogP contribution in [0.2, 0.25) is 0 Å². The van der Waals surface area contributed by atoms with Crippen molar-refractivity contribution >= 4 is 34.0 Å². The van der Waals surface area contributed by atoms with E-state index in [0.29, 0.717) is 5.76 Å². The topological polar surface area (TPSA) is 13.1 Å². The van der Waals surface area contributed by atoms with Crippen LogP contribution in [0.25, 0.3) is 22.1 Å². The zero-order valence-electron chi connectivity index (χ0n) is 12.7. The third-order valence-electron chi connectivity index (χ3n) is 4.08. The smallest absolute Gasteiger partial charge is 0.200 e. The first-order valence-corrected chi connectivity index (χ1v) is 8.44. The number of rotatable bonds is 3. The van der Waals surface area contributed by atoms with Gasteiger partial charge in [0.1, 0.15) is 5.76 Å². The predicted molar refractivity (Wildman–Crippen MR) is 101 cm³/mol. The van der Waals surface area contributed by atoms with Crippen LogP contribution in [0.3, 0.4) is 0 Å². The van der Waals surface area contributed by atoms with Crippen LogP contribution in [0.5, 0.6) is 0 Å². The van der Waals surface area contributed by atoms with Crippen LogP contribution in [0.15, 0.2) is 89.3 Å². The summed E-state index contributed by atoms with van der Waals surface area (Å²) in [6, 6.07) is 27.5. The maximum Gasteiger partial charge on any atom is 0.200 e. The average molecular weight is 353 g/mol. The van der Waals surface area contributed by atoms with Crippen molar-refractivity contribution < 1.29 is 4.42 Å². The van der Waals surface area contributed by atoms with Gasteiger partial charge in [0.05, 0.1) is 0 Å². The molecule has 0 amide bonds. The van der Waals surface area contributed by atoms with E-state index in [1.54, 1.807) is 0 Å². The second-order valence-corrected chi connectivity index (χ2v) is 6.94. The van der Waals surface area contributed by atoms with Crippen LogP contribution >= 0.6 is 23.2 Å². The van der Waals surface area contributed by atoms with Crippen LogP contribution < -0.4 is 0 Å². The highest BCUT2D eigenvalue weighted by Gasteiger charge is 2.35. The SMILES string of the molecule is ClC(Cl)(c1ccccc1)c1oc(-c2ccccc2)c2ccccc12. The molecule has 0 fully saturated rings. The third kappa shape index (κ3) is 2.50. The van der Waals surface area contributed by atoms with Crippen LogP contribution in [0.4, 0.5) is 0 Å². The van der Waals surface area contributed by atoms with Gasteiger partial charge in [-0.3, -0.25) is 0 Å². The zero-order valence-corrected chi connectivity index (χ0v) is 14.3. The molecular weight excluding hydrogens is 339 g/mol. The first-order chi connectivity index (χ1) is 11.7. The lowest BCUT2D eigenvalue weighted by Crippen LogP contribution is -2.11. The maximum atomic E-state index is 6.74. The van der Waals surface area contributed by atoms with E-state index in [1.165, 1.54) is 0 Å². The minimum absolute atomic E-state index is 0.548. The highest BCUT2D eigenvalue weighted by Crippen LogP contribution is 2.47. The Hall–Kier alpha value is -2.22. The molecular formula is C21H14Cl2O. The molecule has 0 saturated heterocycles. The fourth-order valence-electron chi connectivity index (χ4n) is 2.91. The van der Waals surface area contributed by atoms with Crippen LogP contribution in [0, 0.1) is 0 Å². The summed E-state index contributed by atoms with van der Waals surface area (Å²) in [5.41, 5.74) is 1.78. The first kappa shape index (κ1) is 15.3. The normalized spacial score (nSPS) is 11.8. The molecule has 0 aliphatic heterocycles. The summed E-state index contributed by atoms with van der Waals surface area (Å²) < 4.78 is 4.95. The Bertz CT molecular complexity index is 973. The van der Waals surface area contributed by atoms with Crippen molar-refractivity contribution in [2.45, 2.75) is 4.33 Å². The molecule has 0 aliphatic rings. The van der Waals surface area contributed by atoms with E-state index in [1.807, 2.05) is 84.9 Å². The Morgan fingerprint density at radius 1 is 0.625 bits per heavy atom. The lowest BCUT2D eigenvalue weighted by Gasteiger charge is -2.18. The van der Waals surface area contributed by atoms with Gasteiger partial charge in [0.25, 0.3) is 0 Å². The minimum Gasteiger partial charge on any atom is -0.456 e. The fourth-order valence-corrected chi connectivity index (χ4v) is 3.44. The Morgan fingerprint density at radius 2 is 1.17 bits per heavy atom. The average Bonchev–Trinajstić information content (AvgIpc) is 3.04. The third-order valence-corrected chi connectivity index (χ3v) is 4.86. The second-order valence-electron chi connectivity index (χ2n) is 5.61. The van der Waals surface area contributed by atoms with Gasteiger partial charge in [-0.15, -0.1) is 0 Å². The number of alkyl halides is 2. The highest BCUT2D eigenvalue weighted by atomic mass is 35.5. The molecule has 1 heterocycles. The summed E-state index contributed by atoms with van der Waals surface area (Å²) in [6.45, 7) is 0. The molecule has 3 heteroatoms. The van der Waals surface area contributed by atoms with Crippen LogP contribution in [-0.2, 0) is 4.33 Å². The van der Waals surface area contributed by atoms with Gasteiger partial charge >= 0.3 is 0 Å². The molecule has 4 aromatic rings. The van der Waals surface area contributed by atoms with Gasteiger partial charge in [0, 0.05) is 16.3 Å². The minimum atomic E-state index is -1.26. The molecule has 118 valence electrons. The molecule has 0 unspecified atom stereocenters. The summed E-state index contributed by atoms with van der Waals surface area (Å²) >= 11 is 13.5. The largest absolute Gasteiger partial charge is 0.456 e. The lowest BCUT2D eigenvalue weighted by molar-refractivity contribution is 0.523. The summed E-state index contributed by atoms with van der Waals surface area (Å²) in [7, 11) is 0. The van der Waals surface area contributed by atoms with Gasteiger partial charge in [-0.1, -0.05) is 108 Å². The van der Waals surface area contributed by atoms with E-state index < -0.39 is 4.33 Å². The molecule has 0 spiro atoms. The van der Waals surface area contributed by atoms with Crippen molar-refractivity contribution in [3.8, 4) is 11.3 Å². The van der Waals surface area contributed by atoms with Gasteiger partial charge in [-0.05, 0) is 5.56 Å². The Kier molecular flexibility index (Phi) is 3.84. The molecule has 0 radical (unpaired) electrons. The van der Waals surface area contributed by atoms with Gasteiger partial charge in [0.15, 0.2) is 5.76 Å². The maximum absolute atomic E-state index is 6.74. The van der Waals surface area contributed by atoms with Gasteiger partial charge in [-0.25, -0.2) is 0 Å². The molecule has 0 bridgehead atoms. The van der Waals surface area contributed by atoms with E-state index in [4.69, 9.17) is 27.6 Å².